The van der Waals surface area contributed by atoms with E-state index in [-0.39, 0.29) is 23.5 Å². The van der Waals surface area contributed by atoms with Gasteiger partial charge in [-0.25, -0.2) is 9.63 Å². The second kappa shape index (κ2) is 11.5. The highest BCUT2D eigenvalue weighted by Crippen LogP contribution is 2.34. The van der Waals surface area contributed by atoms with Crippen LogP contribution in [0.1, 0.15) is 42.6 Å². The zero-order chi connectivity index (χ0) is 26.6. The van der Waals surface area contributed by atoms with Gasteiger partial charge in [0, 0.05) is 49.4 Å². The lowest BCUT2D eigenvalue weighted by Gasteiger charge is -2.40. The third kappa shape index (κ3) is 6.41. The molecular formula is C28H40N5O4+. The number of cyclic esters (lactones) is 1. The van der Waals surface area contributed by atoms with E-state index >= 15 is 0 Å². The second-order valence-electron chi connectivity index (χ2n) is 11.0. The fraction of sp³-hybridized carbons (Fsp3) is 0.500. The molecule has 200 valence electrons. The Morgan fingerprint density at radius 2 is 1.89 bits per heavy atom. The number of piperidine rings is 1. The first kappa shape index (κ1) is 26.9. The number of nitrogens with one attached hydrogen (secondary N) is 1. The van der Waals surface area contributed by atoms with E-state index in [0.717, 1.165) is 55.1 Å². The van der Waals surface area contributed by atoms with Crippen molar-refractivity contribution in [3.05, 3.63) is 53.6 Å². The molecule has 0 atom stereocenters. The Balaban J connectivity index is 1.43. The zero-order valence-electron chi connectivity index (χ0n) is 22.6. The van der Waals surface area contributed by atoms with Gasteiger partial charge in [-0.15, -0.1) is 0 Å². The molecule has 1 fully saturated rings. The van der Waals surface area contributed by atoms with Crippen LogP contribution in [0.5, 0.6) is 0 Å². The predicted molar refractivity (Wildman–Crippen MR) is 144 cm³/mol. The van der Waals surface area contributed by atoms with Crippen molar-refractivity contribution in [2.45, 2.75) is 39.3 Å². The molecule has 2 heterocycles. The predicted octanol–water partition coefficient (Wildman–Crippen LogP) is 2.89. The Hall–Kier alpha value is -3.14. The number of hydrogen-bond donors (Lipinski definition) is 2. The summed E-state index contributed by atoms with van der Waals surface area (Å²) in [6.45, 7) is 7.65. The number of para-hydroxylation sites is 1. The maximum atomic E-state index is 12.9. The summed E-state index contributed by atoms with van der Waals surface area (Å²) in [5, 5.41) is 3.08. The van der Waals surface area contributed by atoms with Crippen molar-refractivity contribution in [3.63, 3.8) is 0 Å². The molecule has 0 unspecified atom stereocenters. The van der Waals surface area contributed by atoms with Crippen molar-refractivity contribution in [2.24, 2.45) is 5.41 Å². The number of carbonyl (C=O) groups is 2. The standard InChI is InChI=1S/C28H39N5O4/c1-28(2,19-31(3)4)18-29-26(34)20-10-11-25(23(16-20)30-36-5)32-14-12-22(13-15-32)33-24-9-7-6-8-21(24)17-37-27(33)35/h6-11,16,22,30H,12-15,17-19H2,1-5H3,(H,29,34)/p+1. The molecule has 3 N–H and O–H groups in total. The van der Waals surface area contributed by atoms with Crippen LogP contribution in [0.3, 0.4) is 0 Å². The normalized spacial score (nSPS) is 16.5. The Bertz CT molecular complexity index is 1110. The maximum Gasteiger partial charge on any atom is 0.414 e. The van der Waals surface area contributed by atoms with Crippen molar-refractivity contribution >= 4 is 29.1 Å². The number of fused-ring (bicyclic) bond motifs is 1. The van der Waals surface area contributed by atoms with Crippen LogP contribution in [0.15, 0.2) is 42.5 Å². The average Bonchev–Trinajstić information content (AvgIpc) is 2.87. The number of carbonyl (C=O) groups excluding carboxylic acids is 2. The Labute approximate surface area is 219 Å². The van der Waals surface area contributed by atoms with Crippen LogP contribution >= 0.6 is 0 Å². The van der Waals surface area contributed by atoms with Gasteiger partial charge in [0.05, 0.1) is 12.8 Å². The van der Waals surface area contributed by atoms with Gasteiger partial charge in [-0.05, 0) is 50.6 Å². The van der Waals surface area contributed by atoms with Crippen molar-refractivity contribution in [1.29, 1.82) is 0 Å². The number of ether oxygens (including phenoxy) is 1. The van der Waals surface area contributed by atoms with E-state index in [1.165, 1.54) is 0 Å². The minimum Gasteiger partial charge on any atom is -0.444 e. The molecule has 9 heteroatoms. The van der Waals surface area contributed by atoms with Gasteiger partial charge >= 0.3 is 6.09 Å². The Morgan fingerprint density at radius 1 is 1.16 bits per heavy atom. The lowest BCUT2D eigenvalue weighted by molar-refractivity contribution is -0.829. The van der Waals surface area contributed by atoms with E-state index in [1.807, 2.05) is 61.5 Å². The van der Waals surface area contributed by atoms with Crippen molar-refractivity contribution in [1.82, 2.24) is 10.2 Å². The summed E-state index contributed by atoms with van der Waals surface area (Å²) in [4.78, 5) is 37.2. The third-order valence-electron chi connectivity index (χ3n) is 6.98. The first-order valence-corrected chi connectivity index (χ1v) is 12.9. The van der Waals surface area contributed by atoms with E-state index < -0.39 is 0 Å². The second-order valence-corrected chi connectivity index (χ2v) is 11.0. The quantitative estimate of drug-likeness (QED) is 0.398. The minimum atomic E-state index is -0.269. The van der Waals surface area contributed by atoms with Crippen LogP contribution in [-0.2, 0) is 16.2 Å². The summed E-state index contributed by atoms with van der Waals surface area (Å²) in [6, 6.07) is 13.8. The maximum absolute atomic E-state index is 12.9. The summed E-state index contributed by atoms with van der Waals surface area (Å²) in [6.07, 6.45) is 1.37. The number of hydrogen-bond acceptors (Lipinski definition) is 6. The zero-order valence-corrected chi connectivity index (χ0v) is 22.6. The molecular weight excluding hydrogens is 470 g/mol. The SMILES string of the molecule is CO[NH2+]c1cc(C(=O)NCC(C)(C)CN(C)C)ccc1N1CCC(N2C(=O)OCc3ccccc32)CC1. The van der Waals surface area contributed by atoms with Crippen LogP contribution in [0, 0.1) is 5.41 Å². The van der Waals surface area contributed by atoms with E-state index in [1.54, 1.807) is 12.6 Å². The highest BCUT2D eigenvalue weighted by Gasteiger charge is 2.35. The Morgan fingerprint density at radius 3 is 2.59 bits per heavy atom. The van der Waals surface area contributed by atoms with Crippen LogP contribution in [0.25, 0.3) is 0 Å². The molecule has 2 aromatic carbocycles. The molecule has 0 bridgehead atoms. The monoisotopic (exact) mass is 510 g/mol. The fourth-order valence-corrected chi connectivity index (χ4v) is 5.42. The smallest absolute Gasteiger partial charge is 0.414 e. The summed E-state index contributed by atoms with van der Waals surface area (Å²) in [5.74, 6) is -0.0925. The van der Waals surface area contributed by atoms with E-state index in [2.05, 4.69) is 29.0 Å². The largest absolute Gasteiger partial charge is 0.444 e. The van der Waals surface area contributed by atoms with Gasteiger partial charge in [-0.2, -0.15) is 5.48 Å². The number of amides is 2. The van der Waals surface area contributed by atoms with E-state index in [0.29, 0.717) is 18.7 Å². The van der Waals surface area contributed by atoms with Gasteiger partial charge in [0.1, 0.15) is 12.3 Å². The average molecular weight is 511 g/mol. The first-order valence-electron chi connectivity index (χ1n) is 12.9. The highest BCUT2D eigenvalue weighted by molar-refractivity contribution is 5.95. The molecule has 0 aromatic heterocycles. The summed E-state index contributed by atoms with van der Waals surface area (Å²) >= 11 is 0. The van der Waals surface area contributed by atoms with E-state index in [4.69, 9.17) is 9.57 Å². The molecule has 0 aliphatic carbocycles. The molecule has 0 saturated carbocycles. The Kier molecular flexibility index (Phi) is 8.36. The molecule has 2 aliphatic rings. The summed E-state index contributed by atoms with van der Waals surface area (Å²) in [7, 11) is 5.69. The number of rotatable bonds is 9. The lowest BCUT2D eigenvalue weighted by Crippen LogP contribution is -2.76. The molecule has 2 aliphatic heterocycles. The lowest BCUT2D eigenvalue weighted by atomic mass is 9.93. The summed E-state index contributed by atoms with van der Waals surface area (Å²) < 4.78 is 5.44. The molecule has 37 heavy (non-hydrogen) atoms. The van der Waals surface area contributed by atoms with Gasteiger partial charge in [0.15, 0.2) is 5.69 Å². The molecule has 2 amide bonds. The van der Waals surface area contributed by atoms with Crippen LogP contribution in [-0.4, -0.2) is 70.3 Å². The number of nitrogens with zero attached hydrogens (tertiary/aromatic N) is 3. The topological polar surface area (TPSA) is 91.0 Å². The van der Waals surface area contributed by atoms with Gasteiger partial charge in [-0.1, -0.05) is 32.0 Å². The van der Waals surface area contributed by atoms with Gasteiger partial charge < -0.3 is 19.9 Å². The number of quaternary nitrogens is 1. The molecule has 4 rings (SSSR count). The highest BCUT2D eigenvalue weighted by atomic mass is 16.6. The van der Waals surface area contributed by atoms with Crippen LogP contribution in [0.2, 0.25) is 0 Å². The summed E-state index contributed by atoms with van der Waals surface area (Å²) in [5.41, 5.74) is 6.14. The molecule has 0 radical (unpaired) electrons. The van der Waals surface area contributed by atoms with Crippen molar-refractivity contribution in [2.75, 3.05) is 57.2 Å². The van der Waals surface area contributed by atoms with Crippen LogP contribution in [0.4, 0.5) is 21.9 Å². The van der Waals surface area contributed by atoms with Crippen LogP contribution < -0.4 is 20.6 Å². The molecule has 9 nitrogen and oxygen atoms in total. The van der Waals surface area contributed by atoms with Gasteiger partial charge in [0.2, 0.25) is 0 Å². The molecule has 0 spiro atoms. The van der Waals surface area contributed by atoms with E-state index in [9.17, 15) is 9.59 Å². The number of benzene rings is 2. The minimum absolute atomic E-state index is 0.0355. The van der Waals surface area contributed by atoms with Crippen molar-refractivity contribution in [3.8, 4) is 0 Å². The molecule has 1 saturated heterocycles. The third-order valence-corrected chi connectivity index (χ3v) is 6.98. The van der Waals surface area contributed by atoms with Gasteiger partial charge in [-0.3, -0.25) is 9.69 Å². The number of anilines is 2. The molecule has 2 aromatic rings. The van der Waals surface area contributed by atoms with Gasteiger partial charge in [0.25, 0.3) is 5.91 Å². The first-order chi connectivity index (χ1) is 17.7. The van der Waals surface area contributed by atoms with Crippen molar-refractivity contribution < 1.29 is 24.6 Å². The fourth-order valence-electron chi connectivity index (χ4n) is 5.42. The number of nitrogens with two attached hydrogens (primary N) is 1.